The van der Waals surface area contributed by atoms with Crippen molar-refractivity contribution in [1.82, 2.24) is 9.97 Å². The average Bonchev–Trinajstić information content (AvgIpc) is 2.66. The molecule has 1 aromatic heterocycles. The number of esters is 1. The fourth-order valence-corrected chi connectivity index (χ4v) is 1.45. The highest BCUT2D eigenvalue weighted by Crippen LogP contribution is 2.16. The molecule has 1 aromatic carbocycles. The number of hydrogen-bond acceptors (Lipinski definition) is 4. The summed E-state index contributed by atoms with van der Waals surface area (Å²) < 4.78 is 9.95. The second-order valence-corrected chi connectivity index (χ2v) is 3.38. The predicted molar refractivity (Wildman–Crippen MR) is 65.3 cm³/mol. The second kappa shape index (κ2) is 4.73. The van der Waals surface area contributed by atoms with Gasteiger partial charge in [0, 0.05) is 8.92 Å². The van der Waals surface area contributed by atoms with Crippen molar-refractivity contribution in [3.63, 3.8) is 0 Å². The van der Waals surface area contributed by atoms with Gasteiger partial charge in [-0.15, -0.1) is 0 Å². The van der Waals surface area contributed by atoms with Crippen LogP contribution < -0.4 is 10.4 Å². The molecular formula is C11H16N2O4. The Morgan fingerprint density at radius 1 is 1.35 bits per heavy atom. The molecule has 2 aromatic rings. The van der Waals surface area contributed by atoms with Gasteiger partial charge >= 0.3 is 11.7 Å². The van der Waals surface area contributed by atoms with Gasteiger partial charge in [0.05, 0.1) is 17.6 Å². The second-order valence-electron chi connectivity index (χ2n) is 3.38. The number of carbonyl (C=O) groups excluding carboxylic acids is 1. The van der Waals surface area contributed by atoms with Crippen LogP contribution in [0.25, 0.3) is 11.0 Å². The minimum atomic E-state index is -0.421. The Hall–Kier alpha value is -2.24. The largest absolute Gasteiger partial charge is 0.482 e. The van der Waals surface area contributed by atoms with Crippen LogP contribution in [0, 0.1) is 0 Å². The molecule has 0 radical (unpaired) electrons. The molecule has 0 bridgehead atoms. The van der Waals surface area contributed by atoms with Crippen LogP contribution >= 0.6 is 0 Å². The summed E-state index contributed by atoms with van der Waals surface area (Å²) in [6.07, 6.45) is 0. The highest BCUT2D eigenvalue weighted by molar-refractivity contribution is 5.76. The van der Waals surface area contributed by atoms with Gasteiger partial charge in [0.15, 0.2) is 6.61 Å². The molecule has 0 aliphatic heterocycles. The van der Waals surface area contributed by atoms with E-state index >= 15 is 0 Å². The van der Waals surface area contributed by atoms with Gasteiger partial charge in [-0.1, -0.05) is 0 Å². The summed E-state index contributed by atoms with van der Waals surface area (Å²) in [7, 11) is 0. The quantitative estimate of drug-likeness (QED) is 0.789. The van der Waals surface area contributed by atoms with E-state index in [2.05, 4.69) is 9.97 Å². The average molecular weight is 240 g/mol. The van der Waals surface area contributed by atoms with E-state index in [1.54, 1.807) is 25.1 Å². The van der Waals surface area contributed by atoms with Crippen molar-refractivity contribution in [2.75, 3.05) is 13.2 Å². The number of imidazole rings is 1. The van der Waals surface area contributed by atoms with Crippen molar-refractivity contribution in [1.29, 1.82) is 0 Å². The van der Waals surface area contributed by atoms with Crippen LogP contribution in [0.2, 0.25) is 0 Å². The molecule has 0 atom stereocenters. The van der Waals surface area contributed by atoms with E-state index in [0.29, 0.717) is 23.4 Å². The normalized spacial score (nSPS) is 10.4. The van der Waals surface area contributed by atoms with E-state index in [9.17, 15) is 9.59 Å². The molecule has 0 amide bonds. The Balaban J connectivity index is 0.00000162. The maximum atomic E-state index is 11.1. The Bertz CT molecular complexity index is 594. The van der Waals surface area contributed by atoms with Crippen molar-refractivity contribution in [3.05, 3.63) is 28.7 Å². The molecule has 1 heterocycles. The third-order valence-electron chi connectivity index (χ3n) is 2.15. The molecule has 0 saturated heterocycles. The zero-order valence-corrected chi connectivity index (χ0v) is 9.28. The number of aromatic amines is 2. The summed E-state index contributed by atoms with van der Waals surface area (Å²) in [5.41, 5.74) is 1.05. The molecule has 6 nitrogen and oxygen atoms in total. The van der Waals surface area contributed by atoms with E-state index in [4.69, 9.17) is 9.47 Å². The molecule has 2 rings (SSSR count). The van der Waals surface area contributed by atoms with Gasteiger partial charge in [-0.2, -0.15) is 0 Å². The monoisotopic (exact) mass is 240 g/mol. The third-order valence-corrected chi connectivity index (χ3v) is 2.15. The van der Waals surface area contributed by atoms with Gasteiger partial charge < -0.3 is 19.4 Å². The van der Waals surface area contributed by atoms with Crippen LogP contribution in [0.3, 0.4) is 0 Å². The first kappa shape index (κ1) is 11.3. The molecule has 0 spiro atoms. The number of carbonyl (C=O) groups is 1. The van der Waals surface area contributed by atoms with Crippen LogP contribution in [-0.2, 0) is 9.53 Å². The van der Waals surface area contributed by atoms with E-state index < -0.39 is 5.97 Å². The number of rotatable bonds is 4. The highest BCUT2D eigenvalue weighted by atomic mass is 16.6. The predicted octanol–water partition coefficient (Wildman–Crippen LogP) is 1.29. The zero-order valence-electron chi connectivity index (χ0n) is 9.28. The summed E-state index contributed by atoms with van der Waals surface area (Å²) >= 11 is 0. The molecule has 0 fully saturated rings. The molecule has 0 aliphatic rings. The number of hydrogen-bond donors (Lipinski definition) is 2. The fourth-order valence-electron chi connectivity index (χ4n) is 1.45. The summed E-state index contributed by atoms with van der Waals surface area (Å²) in [5, 5.41) is 0. The standard InChI is InChI=1S/C11H12N2O4.2H2/c1-2-16-10(14)6-17-7-3-4-8-9(5-7)13-11(15)12-8;;/h3-5H,2,6H2,1H3,(H2,12,13,15);2*1H. The molecule has 2 N–H and O–H groups in total. The molecule has 17 heavy (non-hydrogen) atoms. The summed E-state index contributed by atoms with van der Waals surface area (Å²) in [6, 6.07) is 5.02. The first-order valence-corrected chi connectivity index (χ1v) is 5.19. The Morgan fingerprint density at radius 3 is 2.88 bits per heavy atom. The Morgan fingerprint density at radius 2 is 2.12 bits per heavy atom. The van der Waals surface area contributed by atoms with Gasteiger partial charge in [0.1, 0.15) is 5.75 Å². The van der Waals surface area contributed by atoms with Crippen molar-refractivity contribution < 1.29 is 17.1 Å². The van der Waals surface area contributed by atoms with Gasteiger partial charge in [-0.3, -0.25) is 0 Å². The molecule has 0 aliphatic carbocycles. The highest BCUT2D eigenvalue weighted by Gasteiger charge is 2.04. The van der Waals surface area contributed by atoms with Crippen molar-refractivity contribution in [2.24, 2.45) is 0 Å². The minimum Gasteiger partial charge on any atom is -0.482 e. The van der Waals surface area contributed by atoms with E-state index in [1.165, 1.54) is 0 Å². The van der Waals surface area contributed by atoms with Gasteiger partial charge in [0.2, 0.25) is 0 Å². The van der Waals surface area contributed by atoms with Gasteiger partial charge in [0.25, 0.3) is 0 Å². The lowest BCUT2D eigenvalue weighted by Crippen LogP contribution is -2.14. The van der Waals surface area contributed by atoms with Crippen molar-refractivity contribution in [2.45, 2.75) is 6.92 Å². The van der Waals surface area contributed by atoms with Crippen LogP contribution in [0.15, 0.2) is 23.0 Å². The number of nitrogens with one attached hydrogen (secondary N) is 2. The van der Waals surface area contributed by atoms with Gasteiger partial charge in [-0.05, 0) is 19.1 Å². The molecule has 0 unspecified atom stereocenters. The zero-order chi connectivity index (χ0) is 12.3. The van der Waals surface area contributed by atoms with E-state index in [-0.39, 0.29) is 15.1 Å². The fraction of sp³-hybridized carbons (Fsp3) is 0.273. The van der Waals surface area contributed by atoms with Crippen LogP contribution in [0.1, 0.15) is 9.78 Å². The smallest absolute Gasteiger partial charge is 0.344 e. The number of benzene rings is 1. The van der Waals surface area contributed by atoms with Crippen LogP contribution in [0.4, 0.5) is 0 Å². The maximum absolute atomic E-state index is 11.1. The van der Waals surface area contributed by atoms with Crippen molar-refractivity contribution >= 4 is 17.0 Å². The summed E-state index contributed by atoms with van der Waals surface area (Å²) in [4.78, 5) is 27.3. The molecule has 94 valence electrons. The molecule has 0 saturated carbocycles. The van der Waals surface area contributed by atoms with Crippen molar-refractivity contribution in [3.8, 4) is 5.75 Å². The maximum Gasteiger partial charge on any atom is 0.344 e. The number of ether oxygens (including phenoxy) is 2. The Labute approximate surface area is 99.5 Å². The van der Waals surface area contributed by atoms with Gasteiger partial charge in [-0.25, -0.2) is 9.59 Å². The number of fused-ring (bicyclic) bond motifs is 1. The van der Waals surface area contributed by atoms with Crippen LogP contribution in [-0.4, -0.2) is 29.2 Å². The summed E-state index contributed by atoms with van der Waals surface area (Å²) in [6.45, 7) is 1.91. The SMILES string of the molecule is CCOC(=O)COc1ccc2[nH]c(=O)[nH]c2c1.[HH].[HH]. The first-order valence-electron chi connectivity index (χ1n) is 5.19. The first-order chi connectivity index (χ1) is 8.19. The lowest BCUT2D eigenvalue weighted by molar-refractivity contribution is -0.145. The third kappa shape index (κ3) is 2.66. The van der Waals surface area contributed by atoms with E-state index in [1.807, 2.05) is 0 Å². The molecular weight excluding hydrogens is 224 g/mol. The lowest BCUT2D eigenvalue weighted by Gasteiger charge is -2.05. The minimum absolute atomic E-state index is 0. The number of aromatic nitrogens is 2. The van der Waals surface area contributed by atoms with Crippen LogP contribution in [0.5, 0.6) is 5.75 Å². The Kier molecular flexibility index (Phi) is 3.13. The topological polar surface area (TPSA) is 84.2 Å². The lowest BCUT2D eigenvalue weighted by atomic mass is 10.3. The molecule has 6 heteroatoms. The van der Waals surface area contributed by atoms with E-state index in [0.717, 1.165) is 0 Å². The number of H-pyrrole nitrogens is 2. The summed E-state index contributed by atoms with van der Waals surface area (Å²) in [5.74, 6) is 0.0796.